The van der Waals surface area contributed by atoms with Crippen LogP contribution >= 0.6 is 0 Å². The minimum absolute atomic E-state index is 0.0207. The van der Waals surface area contributed by atoms with Crippen molar-refractivity contribution >= 4 is 11.6 Å². The van der Waals surface area contributed by atoms with Gasteiger partial charge in [0.25, 0.3) is 0 Å². The molecule has 0 spiro atoms. The molecule has 0 aromatic heterocycles. The normalized spacial score (nSPS) is 28.0. The van der Waals surface area contributed by atoms with Gasteiger partial charge in [-0.3, -0.25) is 14.9 Å². The number of rotatable bonds is 4. The van der Waals surface area contributed by atoms with E-state index in [4.69, 9.17) is 4.84 Å². The van der Waals surface area contributed by atoms with E-state index < -0.39 is 0 Å². The summed E-state index contributed by atoms with van der Waals surface area (Å²) >= 11 is 0. The fraction of sp³-hybridized carbons (Fsp3) is 0.562. The molecular formula is C16H24N4O2. The number of benzene rings is 1. The molecule has 3 rings (SSSR count). The molecule has 6 nitrogen and oxygen atoms in total. The minimum Gasteiger partial charge on any atom is -0.373 e. The van der Waals surface area contributed by atoms with Gasteiger partial charge in [0.15, 0.2) is 6.23 Å². The van der Waals surface area contributed by atoms with Gasteiger partial charge in [-0.2, -0.15) is 5.48 Å². The molecule has 0 aliphatic carbocycles. The summed E-state index contributed by atoms with van der Waals surface area (Å²) in [5.41, 5.74) is 6.36. The number of hydroxylamine groups is 1. The molecule has 2 heterocycles. The van der Waals surface area contributed by atoms with E-state index in [1.54, 1.807) is 0 Å². The Labute approximate surface area is 130 Å². The summed E-state index contributed by atoms with van der Waals surface area (Å²) in [5.74, 6) is 0.0207. The van der Waals surface area contributed by atoms with Crippen LogP contribution in [0.1, 0.15) is 31.4 Å². The van der Waals surface area contributed by atoms with Gasteiger partial charge >= 0.3 is 0 Å². The number of fused-ring (bicyclic) bond motifs is 1. The Morgan fingerprint density at radius 1 is 1.50 bits per heavy atom. The van der Waals surface area contributed by atoms with Gasteiger partial charge in [-0.1, -0.05) is 25.1 Å². The van der Waals surface area contributed by atoms with Crippen LogP contribution in [0.2, 0.25) is 0 Å². The Morgan fingerprint density at radius 2 is 2.32 bits per heavy atom. The lowest BCUT2D eigenvalue weighted by atomic mass is 10.1. The predicted molar refractivity (Wildman–Crippen MR) is 85.1 cm³/mol. The highest BCUT2D eigenvalue weighted by Gasteiger charge is 2.33. The highest BCUT2D eigenvalue weighted by atomic mass is 16.7. The Bertz CT molecular complexity index is 563. The van der Waals surface area contributed by atoms with Gasteiger partial charge in [0.2, 0.25) is 5.91 Å². The Morgan fingerprint density at radius 3 is 2.95 bits per heavy atom. The number of carbonyl (C=O) groups excluding carboxylic acids is 1. The van der Waals surface area contributed by atoms with Gasteiger partial charge in [0.1, 0.15) is 6.04 Å². The molecular weight excluding hydrogens is 280 g/mol. The number of aryl methyl sites for hydroxylation is 1. The molecule has 1 aromatic rings. The Hall–Kier alpha value is -1.63. The first-order valence-corrected chi connectivity index (χ1v) is 7.91. The zero-order valence-electron chi connectivity index (χ0n) is 13.3. The molecule has 1 saturated heterocycles. The number of carbonyl (C=O) groups is 1. The van der Waals surface area contributed by atoms with E-state index in [1.807, 2.05) is 19.9 Å². The standard InChI is InChI=1S/C16H24N4O2/c1-4-12(16-17-10(3)20-22-16)19-15(21)13-8-11-7-5-6-9(2)14(11)18-13/h5-7,10,12-13,16-18,20H,4,8H2,1-3H3,(H,19,21). The van der Waals surface area contributed by atoms with Crippen LogP contribution in [-0.2, 0) is 16.1 Å². The van der Waals surface area contributed by atoms with Crippen molar-refractivity contribution < 1.29 is 9.63 Å². The zero-order chi connectivity index (χ0) is 15.7. The van der Waals surface area contributed by atoms with Crippen molar-refractivity contribution in [1.82, 2.24) is 16.1 Å². The summed E-state index contributed by atoms with van der Waals surface area (Å²) in [4.78, 5) is 18.0. The molecule has 2 aliphatic rings. The fourth-order valence-corrected chi connectivity index (χ4v) is 3.07. The third-order valence-corrected chi connectivity index (χ3v) is 4.34. The van der Waals surface area contributed by atoms with Crippen molar-refractivity contribution in [1.29, 1.82) is 0 Å². The SMILES string of the molecule is CCC(NC(=O)C1Cc2cccc(C)c2N1)C1NC(C)NO1. The molecule has 6 heteroatoms. The topological polar surface area (TPSA) is 74.4 Å². The van der Waals surface area contributed by atoms with Crippen molar-refractivity contribution in [3.05, 3.63) is 29.3 Å². The van der Waals surface area contributed by atoms with Gasteiger partial charge in [-0.25, -0.2) is 0 Å². The quantitative estimate of drug-likeness (QED) is 0.668. The smallest absolute Gasteiger partial charge is 0.243 e. The summed E-state index contributed by atoms with van der Waals surface area (Å²) in [6, 6.07) is 5.90. The van der Waals surface area contributed by atoms with Crippen LogP contribution in [-0.4, -0.2) is 30.4 Å². The van der Waals surface area contributed by atoms with Gasteiger partial charge in [-0.05, 0) is 31.4 Å². The average molecular weight is 304 g/mol. The van der Waals surface area contributed by atoms with Crippen LogP contribution in [0.25, 0.3) is 0 Å². The van der Waals surface area contributed by atoms with Crippen LogP contribution in [0.5, 0.6) is 0 Å². The number of amides is 1. The second-order valence-electron chi connectivity index (χ2n) is 6.08. The molecule has 1 fully saturated rings. The highest BCUT2D eigenvalue weighted by Crippen LogP contribution is 2.29. The Balaban J connectivity index is 1.62. The first-order valence-electron chi connectivity index (χ1n) is 7.91. The van der Waals surface area contributed by atoms with E-state index in [2.05, 4.69) is 40.5 Å². The van der Waals surface area contributed by atoms with E-state index in [1.165, 1.54) is 11.1 Å². The zero-order valence-corrected chi connectivity index (χ0v) is 13.3. The van der Waals surface area contributed by atoms with Crippen molar-refractivity contribution in [2.75, 3.05) is 5.32 Å². The summed E-state index contributed by atoms with van der Waals surface area (Å²) in [6.07, 6.45) is 1.42. The van der Waals surface area contributed by atoms with E-state index in [0.717, 1.165) is 18.5 Å². The monoisotopic (exact) mass is 304 g/mol. The van der Waals surface area contributed by atoms with Crippen molar-refractivity contribution in [2.45, 2.75) is 58.1 Å². The van der Waals surface area contributed by atoms with Crippen molar-refractivity contribution in [3.63, 3.8) is 0 Å². The van der Waals surface area contributed by atoms with Gasteiger partial charge < -0.3 is 10.6 Å². The van der Waals surface area contributed by atoms with Gasteiger partial charge in [0.05, 0.1) is 12.2 Å². The number of hydrogen-bond donors (Lipinski definition) is 4. The largest absolute Gasteiger partial charge is 0.373 e. The maximum Gasteiger partial charge on any atom is 0.243 e. The maximum atomic E-state index is 12.6. The highest BCUT2D eigenvalue weighted by molar-refractivity contribution is 5.88. The number of hydrogen-bond acceptors (Lipinski definition) is 5. The van der Waals surface area contributed by atoms with E-state index in [9.17, 15) is 4.79 Å². The molecule has 4 atom stereocenters. The molecule has 0 saturated carbocycles. The summed E-state index contributed by atoms with van der Waals surface area (Å²) in [7, 11) is 0. The summed E-state index contributed by atoms with van der Waals surface area (Å²) in [5, 5.41) is 9.70. The molecule has 120 valence electrons. The Kier molecular flexibility index (Phi) is 4.33. The summed E-state index contributed by atoms with van der Waals surface area (Å²) < 4.78 is 0. The average Bonchev–Trinajstić information content (AvgIpc) is 3.11. The van der Waals surface area contributed by atoms with Gasteiger partial charge in [-0.15, -0.1) is 0 Å². The van der Waals surface area contributed by atoms with Gasteiger partial charge in [0, 0.05) is 12.1 Å². The lowest BCUT2D eigenvalue weighted by molar-refractivity contribution is -0.124. The first-order chi connectivity index (χ1) is 10.6. The van der Waals surface area contributed by atoms with Crippen LogP contribution in [0, 0.1) is 6.92 Å². The summed E-state index contributed by atoms with van der Waals surface area (Å²) in [6.45, 7) is 6.08. The predicted octanol–water partition coefficient (Wildman–Crippen LogP) is 1.02. The fourth-order valence-electron chi connectivity index (χ4n) is 3.07. The molecule has 2 aliphatic heterocycles. The van der Waals surface area contributed by atoms with Crippen LogP contribution in [0.4, 0.5) is 5.69 Å². The molecule has 1 aromatic carbocycles. The third kappa shape index (κ3) is 2.95. The molecule has 0 radical (unpaired) electrons. The second-order valence-corrected chi connectivity index (χ2v) is 6.08. The minimum atomic E-state index is -0.211. The van der Waals surface area contributed by atoms with Crippen LogP contribution in [0.15, 0.2) is 18.2 Å². The van der Waals surface area contributed by atoms with E-state index >= 15 is 0 Å². The molecule has 0 bridgehead atoms. The van der Waals surface area contributed by atoms with Crippen LogP contribution in [0.3, 0.4) is 0 Å². The van der Waals surface area contributed by atoms with Crippen LogP contribution < -0.4 is 21.4 Å². The van der Waals surface area contributed by atoms with E-state index in [0.29, 0.717) is 0 Å². The van der Waals surface area contributed by atoms with Crippen molar-refractivity contribution in [3.8, 4) is 0 Å². The first kappa shape index (κ1) is 15.3. The van der Waals surface area contributed by atoms with E-state index in [-0.39, 0.29) is 30.4 Å². The molecule has 22 heavy (non-hydrogen) atoms. The lowest BCUT2D eigenvalue weighted by Gasteiger charge is -2.24. The maximum absolute atomic E-state index is 12.6. The number of nitrogens with one attached hydrogen (secondary N) is 4. The molecule has 1 amide bonds. The lowest BCUT2D eigenvalue weighted by Crippen LogP contribution is -2.52. The third-order valence-electron chi connectivity index (χ3n) is 4.34. The molecule has 4 N–H and O–H groups in total. The molecule has 4 unspecified atom stereocenters. The van der Waals surface area contributed by atoms with Crippen molar-refractivity contribution in [2.24, 2.45) is 0 Å². The second kappa shape index (κ2) is 6.24. The number of para-hydroxylation sites is 1. The number of anilines is 1.